The Morgan fingerprint density at radius 1 is 1.06 bits per heavy atom. The second-order valence-electron chi connectivity index (χ2n) is 12.5. The Hall–Kier alpha value is -5.54. The lowest BCUT2D eigenvalue weighted by atomic mass is 9.81. The highest BCUT2D eigenvalue weighted by molar-refractivity contribution is 7.10. The smallest absolute Gasteiger partial charge is 0.411 e. The molecule has 17 heteroatoms. The number of quaternary nitrogens is 1. The van der Waals surface area contributed by atoms with Gasteiger partial charge in [0.05, 0.1) is 34.6 Å². The third kappa shape index (κ3) is 9.28. The molecule has 53 heavy (non-hydrogen) atoms. The number of aliphatic hydroxyl groups is 1. The molecule has 1 amide bonds. The standard InChI is InChI=1S/C36H33F4N7O5S/c1-22(34-44-32(18-53-34)24-6-4-23(15-41)5-7-24)36(50,27-13-26(37)8-9-28(27)38)19-47(21-42-20-43-47)10-11-51-35(49)45-31-14-30(40)29(39)12-25(31)17-52-33(48)16-46(2)3/h4-9,12-14,18,20-22,50H,10-11,16-17,19H2,1-3H3/p+1/t22-,36+,47?/m0/s1. The van der Waals surface area contributed by atoms with Crippen LogP contribution in [0.2, 0.25) is 0 Å². The number of benzene rings is 3. The fourth-order valence-electron chi connectivity index (χ4n) is 5.56. The van der Waals surface area contributed by atoms with Crippen molar-refractivity contribution in [3.8, 4) is 17.3 Å². The van der Waals surface area contributed by atoms with Crippen molar-refractivity contribution in [2.45, 2.75) is 25.0 Å². The van der Waals surface area contributed by atoms with E-state index < -0.39 is 64.6 Å². The Labute approximate surface area is 305 Å². The van der Waals surface area contributed by atoms with E-state index in [2.05, 4.69) is 26.5 Å². The number of thiazole rings is 1. The predicted molar refractivity (Wildman–Crippen MR) is 188 cm³/mol. The lowest BCUT2D eigenvalue weighted by Crippen LogP contribution is -2.54. The van der Waals surface area contributed by atoms with Crippen LogP contribution in [0.3, 0.4) is 0 Å². The number of aliphatic imine (C=N–C) groups is 1. The van der Waals surface area contributed by atoms with Crippen LogP contribution in [0.25, 0.3) is 11.3 Å². The molecule has 5 rings (SSSR count). The van der Waals surface area contributed by atoms with Gasteiger partial charge < -0.3 is 14.6 Å². The van der Waals surface area contributed by atoms with Crippen molar-refractivity contribution >= 4 is 41.8 Å². The van der Waals surface area contributed by atoms with Gasteiger partial charge in [0.15, 0.2) is 23.6 Å². The summed E-state index contributed by atoms with van der Waals surface area (Å²) >= 11 is 1.20. The number of hydrogen-bond donors (Lipinski definition) is 2. The van der Waals surface area contributed by atoms with Gasteiger partial charge in [0.25, 0.3) is 0 Å². The van der Waals surface area contributed by atoms with Crippen molar-refractivity contribution in [1.82, 2.24) is 9.88 Å². The monoisotopic (exact) mass is 752 g/mol. The third-order valence-corrected chi connectivity index (χ3v) is 9.41. The molecule has 0 saturated carbocycles. The van der Waals surface area contributed by atoms with Crippen LogP contribution in [0, 0.1) is 34.6 Å². The summed E-state index contributed by atoms with van der Waals surface area (Å²) in [7, 11) is 3.29. The molecule has 0 aliphatic carbocycles. The topological polar surface area (TPSA) is 150 Å². The largest absolute Gasteiger partial charge is 0.460 e. The zero-order valence-electron chi connectivity index (χ0n) is 28.7. The van der Waals surface area contributed by atoms with Crippen LogP contribution in [-0.2, 0) is 26.5 Å². The molecule has 0 bridgehead atoms. The minimum Gasteiger partial charge on any atom is -0.460 e. The molecule has 0 spiro atoms. The molecule has 1 aliphatic heterocycles. The van der Waals surface area contributed by atoms with E-state index in [1.807, 2.05) is 0 Å². The number of aromatic nitrogens is 1. The van der Waals surface area contributed by atoms with E-state index >= 15 is 4.39 Å². The minimum absolute atomic E-state index is 0.0339. The molecule has 2 heterocycles. The Morgan fingerprint density at radius 3 is 2.47 bits per heavy atom. The van der Waals surface area contributed by atoms with Gasteiger partial charge in [-0.2, -0.15) is 10.3 Å². The SMILES string of the molecule is C[C@@H](c1nc(-c2ccc(C#N)cc2)cs1)[C@](O)(C[N+]1(CCOC(=O)Nc2cc(F)c(F)cc2COC(=O)CN(C)C)C=NC=N1)c1cc(F)ccc1F. The number of halogens is 4. The summed E-state index contributed by atoms with van der Waals surface area (Å²) in [6.07, 6.45) is 1.47. The number of carbonyl (C=O) groups is 2. The second-order valence-corrected chi connectivity index (χ2v) is 13.4. The summed E-state index contributed by atoms with van der Waals surface area (Å²) in [4.78, 5) is 35.1. The summed E-state index contributed by atoms with van der Waals surface area (Å²) in [5, 5.41) is 30.4. The van der Waals surface area contributed by atoms with E-state index in [4.69, 9.17) is 14.7 Å². The number of ether oxygens (including phenoxy) is 2. The van der Waals surface area contributed by atoms with Crippen LogP contribution in [0.1, 0.15) is 34.5 Å². The summed E-state index contributed by atoms with van der Waals surface area (Å²) in [5.74, 6) is -5.74. The van der Waals surface area contributed by atoms with Crippen molar-refractivity contribution < 1.29 is 46.3 Å². The molecule has 3 atom stereocenters. The molecule has 0 radical (unpaired) electrons. The van der Waals surface area contributed by atoms with Crippen LogP contribution in [0.15, 0.2) is 70.1 Å². The molecule has 276 valence electrons. The molecular formula is C36H34F4N7O5S+. The second kappa shape index (κ2) is 16.4. The molecule has 4 aromatic rings. The highest BCUT2D eigenvalue weighted by atomic mass is 32.1. The van der Waals surface area contributed by atoms with Gasteiger partial charge in [-0.25, -0.2) is 27.3 Å². The first-order valence-electron chi connectivity index (χ1n) is 16.0. The van der Waals surface area contributed by atoms with Gasteiger partial charge in [-0.3, -0.25) is 15.0 Å². The fraction of sp³-hybridized carbons (Fsp3) is 0.278. The van der Waals surface area contributed by atoms with Gasteiger partial charge >= 0.3 is 12.1 Å². The molecule has 12 nitrogen and oxygen atoms in total. The molecule has 0 fully saturated rings. The van der Waals surface area contributed by atoms with E-state index in [1.54, 1.807) is 55.6 Å². The van der Waals surface area contributed by atoms with E-state index in [9.17, 15) is 27.9 Å². The molecular weight excluding hydrogens is 718 g/mol. The van der Waals surface area contributed by atoms with Crippen molar-refractivity contribution in [3.63, 3.8) is 0 Å². The maximum absolute atomic E-state index is 15.5. The first-order chi connectivity index (χ1) is 25.2. The average Bonchev–Trinajstić information content (AvgIpc) is 3.80. The average molecular weight is 753 g/mol. The Morgan fingerprint density at radius 2 is 1.79 bits per heavy atom. The number of carbonyl (C=O) groups excluding carboxylic acids is 2. The Balaban J connectivity index is 1.35. The van der Waals surface area contributed by atoms with E-state index in [1.165, 1.54) is 24.0 Å². The number of amides is 1. The molecule has 1 unspecified atom stereocenters. The zero-order valence-corrected chi connectivity index (χ0v) is 29.5. The number of anilines is 1. The van der Waals surface area contributed by atoms with Crippen molar-refractivity contribution in [2.75, 3.05) is 45.7 Å². The van der Waals surface area contributed by atoms with Gasteiger partial charge in [0.1, 0.15) is 37.9 Å². The van der Waals surface area contributed by atoms with E-state index in [0.717, 1.165) is 30.3 Å². The summed E-state index contributed by atoms with van der Waals surface area (Å²) < 4.78 is 68.2. The number of esters is 1. The third-order valence-electron chi connectivity index (χ3n) is 8.39. The summed E-state index contributed by atoms with van der Waals surface area (Å²) in [6.45, 7) is 0.148. The van der Waals surface area contributed by atoms with Gasteiger partial charge in [-0.1, -0.05) is 24.2 Å². The van der Waals surface area contributed by atoms with Gasteiger partial charge in [0.2, 0.25) is 6.34 Å². The first-order valence-corrected chi connectivity index (χ1v) is 16.9. The number of nitriles is 1. The molecule has 2 N–H and O–H groups in total. The summed E-state index contributed by atoms with van der Waals surface area (Å²) in [5.41, 5.74) is -1.04. The van der Waals surface area contributed by atoms with Crippen molar-refractivity contribution in [1.29, 1.82) is 5.26 Å². The van der Waals surface area contributed by atoms with Crippen LogP contribution < -0.4 is 5.32 Å². The van der Waals surface area contributed by atoms with Crippen LogP contribution >= 0.6 is 11.3 Å². The van der Waals surface area contributed by atoms with Gasteiger partial charge in [-0.15, -0.1) is 15.9 Å². The van der Waals surface area contributed by atoms with Crippen LogP contribution in [0.4, 0.5) is 28.0 Å². The van der Waals surface area contributed by atoms with Crippen LogP contribution in [0.5, 0.6) is 0 Å². The fourth-order valence-corrected chi connectivity index (χ4v) is 6.53. The number of nitrogens with zero attached hydrogens (tertiary/aromatic N) is 6. The van der Waals surface area contributed by atoms with Crippen molar-refractivity contribution in [3.05, 3.63) is 105 Å². The number of nitrogens with one attached hydrogen (secondary N) is 1. The molecule has 1 aromatic heterocycles. The normalized spacial score (nSPS) is 16.6. The highest BCUT2D eigenvalue weighted by Crippen LogP contribution is 2.42. The zero-order chi connectivity index (χ0) is 38.3. The maximum Gasteiger partial charge on any atom is 0.411 e. The molecule has 3 aromatic carbocycles. The first kappa shape index (κ1) is 38.7. The van der Waals surface area contributed by atoms with E-state index in [-0.39, 0.29) is 36.5 Å². The highest BCUT2D eigenvalue weighted by Gasteiger charge is 2.49. The van der Waals surface area contributed by atoms with Gasteiger partial charge in [-0.05, 0) is 50.5 Å². The lowest BCUT2D eigenvalue weighted by molar-refractivity contribution is -0.848. The Bertz CT molecular complexity index is 2070. The van der Waals surface area contributed by atoms with Crippen LogP contribution in [-0.4, -0.2) is 84.7 Å². The quantitative estimate of drug-likeness (QED) is 0.0922. The van der Waals surface area contributed by atoms with Gasteiger partial charge in [0, 0.05) is 34.1 Å². The summed E-state index contributed by atoms with van der Waals surface area (Å²) in [6, 6.07) is 13.0. The number of rotatable bonds is 14. The number of hydrogen-bond acceptors (Lipinski definition) is 11. The van der Waals surface area contributed by atoms with Crippen molar-refractivity contribution in [2.24, 2.45) is 10.1 Å². The Kier molecular flexibility index (Phi) is 12.0. The maximum atomic E-state index is 15.5. The molecule has 1 aliphatic rings. The molecule has 0 saturated heterocycles. The lowest BCUT2D eigenvalue weighted by Gasteiger charge is -2.38. The predicted octanol–water partition coefficient (Wildman–Crippen LogP) is 5.88. The van der Waals surface area contributed by atoms with E-state index in [0.29, 0.717) is 21.8 Å². The number of likely N-dealkylation sites (N-methyl/N-ethyl adjacent to an activating group) is 1. The minimum atomic E-state index is -2.16.